The summed E-state index contributed by atoms with van der Waals surface area (Å²) in [6.07, 6.45) is 5.77. The molecule has 3 rings (SSSR count). The number of nitriles is 1. The molecular formula is C23H27N3O. The minimum absolute atomic E-state index is 0.0216. The van der Waals surface area contributed by atoms with Gasteiger partial charge in [0.15, 0.2) is 0 Å². The van der Waals surface area contributed by atoms with Gasteiger partial charge in [0, 0.05) is 17.9 Å². The molecule has 27 heavy (non-hydrogen) atoms. The monoisotopic (exact) mass is 361 g/mol. The van der Waals surface area contributed by atoms with Crippen molar-refractivity contribution in [3.63, 3.8) is 0 Å². The van der Waals surface area contributed by atoms with Gasteiger partial charge in [-0.25, -0.2) is 0 Å². The second-order valence-corrected chi connectivity index (χ2v) is 7.27. The van der Waals surface area contributed by atoms with E-state index in [4.69, 9.17) is 0 Å². The van der Waals surface area contributed by atoms with Crippen LogP contribution in [0.2, 0.25) is 0 Å². The Labute approximate surface area is 161 Å². The number of aromatic nitrogens is 1. The first kappa shape index (κ1) is 19.0. The van der Waals surface area contributed by atoms with Crippen molar-refractivity contribution in [2.45, 2.75) is 59.0 Å². The SMILES string of the molecule is CCCn1c(C)cc(/C=C(\C#N)C(=O)N[C@@H]2CCCc3ccccc32)c1C. The largest absolute Gasteiger partial charge is 0.349 e. The van der Waals surface area contributed by atoms with Crippen LogP contribution in [0.3, 0.4) is 0 Å². The lowest BCUT2D eigenvalue weighted by Gasteiger charge is -2.26. The van der Waals surface area contributed by atoms with Crippen molar-refractivity contribution in [1.29, 1.82) is 5.26 Å². The topological polar surface area (TPSA) is 57.8 Å². The number of hydrogen-bond donors (Lipinski definition) is 1. The smallest absolute Gasteiger partial charge is 0.262 e. The second kappa shape index (κ2) is 8.26. The van der Waals surface area contributed by atoms with Crippen molar-refractivity contribution in [1.82, 2.24) is 9.88 Å². The van der Waals surface area contributed by atoms with Gasteiger partial charge in [0.1, 0.15) is 11.6 Å². The summed E-state index contributed by atoms with van der Waals surface area (Å²) in [5.41, 5.74) is 5.82. The molecule has 1 aromatic heterocycles. The van der Waals surface area contributed by atoms with Gasteiger partial charge in [-0.05, 0) is 68.4 Å². The molecule has 0 unspecified atom stereocenters. The Hall–Kier alpha value is -2.80. The lowest BCUT2D eigenvalue weighted by molar-refractivity contribution is -0.117. The molecule has 4 nitrogen and oxygen atoms in total. The molecule has 1 N–H and O–H groups in total. The summed E-state index contributed by atoms with van der Waals surface area (Å²) in [7, 11) is 0. The molecule has 2 aromatic rings. The van der Waals surface area contributed by atoms with Gasteiger partial charge in [0.05, 0.1) is 6.04 Å². The molecule has 1 aliphatic rings. The summed E-state index contributed by atoms with van der Waals surface area (Å²) in [4.78, 5) is 12.8. The Balaban J connectivity index is 1.83. The number of rotatable bonds is 5. The number of fused-ring (bicyclic) bond motifs is 1. The van der Waals surface area contributed by atoms with Gasteiger partial charge in [-0.3, -0.25) is 4.79 Å². The molecule has 1 amide bonds. The van der Waals surface area contributed by atoms with Crippen molar-refractivity contribution in [3.8, 4) is 6.07 Å². The van der Waals surface area contributed by atoms with Crippen molar-refractivity contribution in [2.24, 2.45) is 0 Å². The lowest BCUT2D eigenvalue weighted by atomic mass is 9.87. The van der Waals surface area contributed by atoms with Crippen LogP contribution >= 0.6 is 0 Å². The van der Waals surface area contributed by atoms with Crippen molar-refractivity contribution in [3.05, 3.63) is 64.0 Å². The predicted octanol–water partition coefficient (Wildman–Crippen LogP) is 4.62. The average Bonchev–Trinajstić information content (AvgIpc) is 2.94. The third-order valence-electron chi connectivity index (χ3n) is 5.40. The maximum Gasteiger partial charge on any atom is 0.262 e. The molecule has 0 saturated carbocycles. The van der Waals surface area contributed by atoms with Gasteiger partial charge in [-0.1, -0.05) is 31.2 Å². The molecule has 140 valence electrons. The van der Waals surface area contributed by atoms with Gasteiger partial charge in [0.2, 0.25) is 0 Å². The van der Waals surface area contributed by atoms with Crippen LogP contribution in [0.5, 0.6) is 0 Å². The number of aryl methyl sites for hydroxylation is 2. The van der Waals surface area contributed by atoms with Crippen LogP contribution in [0.15, 0.2) is 35.9 Å². The fourth-order valence-electron chi connectivity index (χ4n) is 3.99. The number of amides is 1. The molecule has 0 aliphatic heterocycles. The Kier molecular flexibility index (Phi) is 5.81. The quantitative estimate of drug-likeness (QED) is 0.624. The van der Waals surface area contributed by atoms with Crippen LogP contribution in [-0.2, 0) is 17.8 Å². The van der Waals surface area contributed by atoms with Crippen LogP contribution in [0.1, 0.15) is 60.3 Å². The fourth-order valence-corrected chi connectivity index (χ4v) is 3.99. The van der Waals surface area contributed by atoms with Crippen LogP contribution in [-0.4, -0.2) is 10.5 Å². The highest BCUT2D eigenvalue weighted by molar-refractivity contribution is 6.02. The van der Waals surface area contributed by atoms with Gasteiger partial charge in [0.25, 0.3) is 5.91 Å². The zero-order valence-electron chi connectivity index (χ0n) is 16.4. The van der Waals surface area contributed by atoms with Gasteiger partial charge < -0.3 is 9.88 Å². The number of nitrogens with zero attached hydrogens (tertiary/aromatic N) is 2. The summed E-state index contributed by atoms with van der Waals surface area (Å²) in [6, 6.07) is 12.4. The Morgan fingerprint density at radius 1 is 1.37 bits per heavy atom. The zero-order valence-corrected chi connectivity index (χ0v) is 16.4. The third kappa shape index (κ3) is 3.98. The Morgan fingerprint density at radius 2 is 2.15 bits per heavy atom. The van der Waals surface area contributed by atoms with Gasteiger partial charge in [-0.15, -0.1) is 0 Å². The van der Waals surface area contributed by atoms with Crippen molar-refractivity contribution >= 4 is 12.0 Å². The molecule has 4 heteroatoms. The first-order valence-electron chi connectivity index (χ1n) is 9.72. The number of nitrogens with one attached hydrogen (secondary N) is 1. The van der Waals surface area contributed by atoms with E-state index in [2.05, 4.69) is 41.9 Å². The second-order valence-electron chi connectivity index (χ2n) is 7.27. The van der Waals surface area contributed by atoms with E-state index in [9.17, 15) is 10.1 Å². The lowest BCUT2D eigenvalue weighted by Crippen LogP contribution is -2.31. The maximum atomic E-state index is 12.8. The Morgan fingerprint density at radius 3 is 2.89 bits per heavy atom. The van der Waals surface area contributed by atoms with E-state index in [0.717, 1.165) is 49.2 Å². The molecule has 0 saturated heterocycles. The summed E-state index contributed by atoms with van der Waals surface area (Å²) in [5.74, 6) is -0.292. The number of hydrogen-bond acceptors (Lipinski definition) is 2. The van der Waals surface area contributed by atoms with Crippen LogP contribution in [0.4, 0.5) is 0 Å². The van der Waals surface area contributed by atoms with E-state index >= 15 is 0 Å². The highest BCUT2D eigenvalue weighted by Crippen LogP contribution is 2.29. The van der Waals surface area contributed by atoms with E-state index in [1.54, 1.807) is 6.08 Å². The Bertz CT molecular complexity index is 914. The standard InChI is InChI=1S/C23H27N3O/c1-4-12-26-16(2)13-19(17(26)3)14-20(15-24)23(27)25-22-11-7-9-18-8-5-6-10-21(18)22/h5-6,8,10,13-14,22H,4,7,9,11-12H2,1-3H3,(H,25,27)/b20-14+/t22-/m1/s1. The predicted molar refractivity (Wildman–Crippen MR) is 108 cm³/mol. The van der Waals surface area contributed by atoms with Gasteiger partial charge >= 0.3 is 0 Å². The molecule has 0 bridgehead atoms. The van der Waals surface area contributed by atoms with Gasteiger partial charge in [-0.2, -0.15) is 5.26 Å². The minimum Gasteiger partial charge on any atom is -0.349 e. The summed E-state index contributed by atoms with van der Waals surface area (Å²) >= 11 is 0. The molecular weight excluding hydrogens is 334 g/mol. The van der Waals surface area contributed by atoms with Crippen LogP contribution < -0.4 is 5.32 Å². The molecule has 1 atom stereocenters. The van der Waals surface area contributed by atoms with E-state index in [1.807, 2.05) is 25.1 Å². The first-order valence-corrected chi connectivity index (χ1v) is 9.72. The number of carbonyl (C=O) groups is 1. The van der Waals surface area contributed by atoms with E-state index in [1.165, 1.54) is 11.1 Å². The van der Waals surface area contributed by atoms with Crippen LogP contribution in [0, 0.1) is 25.2 Å². The molecule has 0 spiro atoms. The summed E-state index contributed by atoms with van der Waals surface area (Å²) in [5, 5.41) is 12.6. The van der Waals surface area contributed by atoms with Crippen LogP contribution in [0.25, 0.3) is 6.08 Å². The fraction of sp³-hybridized carbons (Fsp3) is 0.391. The van der Waals surface area contributed by atoms with Crippen molar-refractivity contribution < 1.29 is 4.79 Å². The summed E-state index contributed by atoms with van der Waals surface area (Å²) in [6.45, 7) is 7.19. The van der Waals surface area contributed by atoms with E-state index in [0.29, 0.717) is 0 Å². The summed E-state index contributed by atoms with van der Waals surface area (Å²) < 4.78 is 2.23. The molecule has 1 aliphatic carbocycles. The molecule has 1 aromatic carbocycles. The normalized spacial score (nSPS) is 16.5. The first-order chi connectivity index (χ1) is 13.0. The highest BCUT2D eigenvalue weighted by atomic mass is 16.1. The highest BCUT2D eigenvalue weighted by Gasteiger charge is 2.23. The number of carbonyl (C=O) groups excluding carboxylic acids is 1. The van der Waals surface area contributed by atoms with E-state index < -0.39 is 0 Å². The maximum absolute atomic E-state index is 12.8. The van der Waals surface area contributed by atoms with E-state index in [-0.39, 0.29) is 17.5 Å². The zero-order chi connectivity index (χ0) is 19.4. The molecule has 0 radical (unpaired) electrons. The number of benzene rings is 1. The molecule has 0 fully saturated rings. The minimum atomic E-state index is -0.292. The average molecular weight is 361 g/mol. The van der Waals surface area contributed by atoms with Crippen molar-refractivity contribution in [2.75, 3.05) is 0 Å². The third-order valence-corrected chi connectivity index (χ3v) is 5.40. The molecule has 1 heterocycles.